The van der Waals surface area contributed by atoms with Crippen LogP contribution >= 0.6 is 11.6 Å². The van der Waals surface area contributed by atoms with Crippen molar-refractivity contribution in [1.82, 2.24) is 9.21 Å². The van der Waals surface area contributed by atoms with Gasteiger partial charge in [0.2, 0.25) is 15.9 Å². The third-order valence-corrected chi connectivity index (χ3v) is 8.24. The SMILES string of the molecule is O=C([C@@H]1CCCN(S(=O)(=O)Cc2ccc(Cl)cc2)C1)N1CCN(c2ccccc2F)CC1. The summed E-state index contributed by atoms with van der Waals surface area (Å²) >= 11 is 5.89. The second kappa shape index (κ2) is 9.77. The number of carbonyl (C=O) groups excluding carboxylic acids is 1. The van der Waals surface area contributed by atoms with Gasteiger partial charge in [-0.25, -0.2) is 17.1 Å². The van der Waals surface area contributed by atoms with Crippen LogP contribution in [0.15, 0.2) is 48.5 Å². The van der Waals surface area contributed by atoms with Gasteiger partial charge in [-0.2, -0.15) is 0 Å². The third kappa shape index (κ3) is 5.24. The summed E-state index contributed by atoms with van der Waals surface area (Å²) in [6.07, 6.45) is 1.34. The number of anilines is 1. The lowest BCUT2D eigenvalue weighted by Crippen LogP contribution is -2.53. The van der Waals surface area contributed by atoms with E-state index in [1.165, 1.54) is 10.4 Å². The number of sulfonamides is 1. The van der Waals surface area contributed by atoms with Gasteiger partial charge in [0.1, 0.15) is 5.82 Å². The summed E-state index contributed by atoms with van der Waals surface area (Å²) in [5.41, 5.74) is 1.23. The Morgan fingerprint density at radius 3 is 2.38 bits per heavy atom. The molecule has 0 bridgehead atoms. The van der Waals surface area contributed by atoms with Crippen molar-refractivity contribution >= 4 is 33.2 Å². The highest BCUT2D eigenvalue weighted by Crippen LogP contribution is 2.25. The van der Waals surface area contributed by atoms with Crippen LogP contribution in [-0.4, -0.2) is 62.8 Å². The first-order chi connectivity index (χ1) is 15.3. The van der Waals surface area contributed by atoms with Gasteiger partial charge in [-0.1, -0.05) is 35.9 Å². The van der Waals surface area contributed by atoms with Crippen LogP contribution in [0.25, 0.3) is 0 Å². The van der Waals surface area contributed by atoms with Crippen molar-refractivity contribution in [3.05, 3.63) is 64.9 Å². The highest BCUT2D eigenvalue weighted by molar-refractivity contribution is 7.88. The Kier molecular flexibility index (Phi) is 7.02. The molecule has 4 rings (SSSR count). The fraction of sp³-hybridized carbons (Fsp3) is 0.435. The van der Waals surface area contributed by atoms with Crippen LogP contribution < -0.4 is 4.90 Å². The van der Waals surface area contributed by atoms with Crippen molar-refractivity contribution in [2.24, 2.45) is 5.92 Å². The van der Waals surface area contributed by atoms with Gasteiger partial charge in [-0.15, -0.1) is 0 Å². The number of piperazine rings is 1. The van der Waals surface area contributed by atoms with Crippen LogP contribution in [0, 0.1) is 11.7 Å². The molecule has 2 aromatic rings. The average molecular weight is 480 g/mol. The molecule has 2 heterocycles. The van der Waals surface area contributed by atoms with E-state index < -0.39 is 10.0 Å². The normalized spacial score (nSPS) is 20.4. The molecule has 9 heteroatoms. The Bertz CT molecular complexity index is 1060. The van der Waals surface area contributed by atoms with E-state index in [1.54, 1.807) is 47.4 Å². The van der Waals surface area contributed by atoms with E-state index in [2.05, 4.69) is 0 Å². The Morgan fingerprint density at radius 1 is 1.00 bits per heavy atom. The summed E-state index contributed by atoms with van der Waals surface area (Å²) in [5.74, 6) is -0.721. The Hall–Kier alpha value is -2.16. The fourth-order valence-corrected chi connectivity index (χ4v) is 6.15. The van der Waals surface area contributed by atoms with Crippen molar-refractivity contribution in [3.8, 4) is 0 Å². The number of piperidine rings is 1. The standard InChI is InChI=1S/C23H27ClFN3O3S/c24-20-9-7-18(8-10-20)17-32(30,31)28-11-3-4-19(16-28)23(29)27-14-12-26(13-15-27)22-6-2-1-5-21(22)25/h1-2,5-10,19H,3-4,11-17H2/t19-/m1/s1. The second-order valence-electron chi connectivity index (χ2n) is 8.34. The first-order valence-electron chi connectivity index (χ1n) is 10.8. The van der Waals surface area contributed by atoms with Crippen LogP contribution in [0.5, 0.6) is 0 Å². The van der Waals surface area contributed by atoms with Gasteiger partial charge >= 0.3 is 0 Å². The molecule has 2 fully saturated rings. The molecule has 0 spiro atoms. The highest BCUT2D eigenvalue weighted by Gasteiger charge is 2.35. The van der Waals surface area contributed by atoms with Crippen LogP contribution in [0.2, 0.25) is 5.02 Å². The van der Waals surface area contributed by atoms with Crippen LogP contribution in [0.4, 0.5) is 10.1 Å². The first kappa shape index (κ1) is 23.0. The molecule has 1 atom stereocenters. The number of para-hydroxylation sites is 1. The summed E-state index contributed by atoms with van der Waals surface area (Å²) in [5, 5.41) is 0.560. The maximum atomic E-state index is 14.1. The largest absolute Gasteiger partial charge is 0.366 e. The zero-order valence-electron chi connectivity index (χ0n) is 17.8. The molecule has 6 nitrogen and oxygen atoms in total. The van der Waals surface area contributed by atoms with Crippen molar-refractivity contribution in [3.63, 3.8) is 0 Å². The zero-order chi connectivity index (χ0) is 22.7. The lowest BCUT2D eigenvalue weighted by atomic mass is 9.97. The number of hydrogen-bond donors (Lipinski definition) is 0. The summed E-state index contributed by atoms with van der Waals surface area (Å²) in [6.45, 7) is 2.75. The number of benzene rings is 2. The van der Waals surface area contributed by atoms with Crippen molar-refractivity contribution in [2.75, 3.05) is 44.2 Å². The predicted molar refractivity (Wildman–Crippen MR) is 124 cm³/mol. The van der Waals surface area contributed by atoms with E-state index in [-0.39, 0.29) is 29.9 Å². The number of amides is 1. The third-order valence-electron chi connectivity index (χ3n) is 6.17. The molecule has 2 saturated heterocycles. The molecular formula is C23H27ClFN3O3S. The smallest absolute Gasteiger partial charge is 0.227 e. The van der Waals surface area contributed by atoms with Gasteiger partial charge in [0.15, 0.2) is 0 Å². The second-order valence-corrected chi connectivity index (χ2v) is 10.7. The fourth-order valence-electron chi connectivity index (χ4n) is 4.41. The Morgan fingerprint density at radius 2 is 1.69 bits per heavy atom. The number of carbonyl (C=O) groups is 1. The van der Waals surface area contributed by atoms with E-state index in [4.69, 9.17) is 11.6 Å². The van der Waals surface area contributed by atoms with E-state index >= 15 is 0 Å². The van der Waals surface area contributed by atoms with E-state index in [0.717, 1.165) is 0 Å². The van der Waals surface area contributed by atoms with Gasteiger partial charge in [0.25, 0.3) is 0 Å². The maximum Gasteiger partial charge on any atom is 0.227 e. The summed E-state index contributed by atoms with van der Waals surface area (Å²) in [7, 11) is -3.53. The van der Waals surface area contributed by atoms with Crippen LogP contribution in [0.3, 0.4) is 0 Å². The summed E-state index contributed by atoms with van der Waals surface area (Å²) < 4.78 is 41.4. The average Bonchev–Trinajstić information content (AvgIpc) is 2.80. The summed E-state index contributed by atoms with van der Waals surface area (Å²) in [4.78, 5) is 16.9. The predicted octanol–water partition coefficient (Wildman–Crippen LogP) is 3.37. The van der Waals surface area contributed by atoms with Gasteiger partial charge in [0.05, 0.1) is 17.4 Å². The minimum Gasteiger partial charge on any atom is -0.366 e. The number of rotatable bonds is 5. The molecule has 2 aromatic carbocycles. The van der Waals surface area contributed by atoms with E-state index in [1.807, 2.05) is 4.90 Å². The summed E-state index contributed by atoms with van der Waals surface area (Å²) in [6, 6.07) is 13.4. The minimum atomic E-state index is -3.53. The first-order valence-corrected chi connectivity index (χ1v) is 12.8. The van der Waals surface area contributed by atoms with Crippen molar-refractivity contribution in [2.45, 2.75) is 18.6 Å². The maximum absolute atomic E-state index is 14.1. The Balaban J connectivity index is 1.35. The van der Waals surface area contributed by atoms with Crippen molar-refractivity contribution < 1.29 is 17.6 Å². The monoisotopic (exact) mass is 479 g/mol. The molecule has 1 amide bonds. The number of hydrogen-bond acceptors (Lipinski definition) is 4. The van der Waals surface area contributed by atoms with Gasteiger partial charge in [-0.05, 0) is 42.7 Å². The van der Waals surface area contributed by atoms with E-state index in [9.17, 15) is 17.6 Å². The molecule has 2 aliphatic rings. The lowest BCUT2D eigenvalue weighted by Gasteiger charge is -2.39. The van der Waals surface area contributed by atoms with E-state index in [0.29, 0.717) is 61.8 Å². The van der Waals surface area contributed by atoms with Crippen LogP contribution in [0.1, 0.15) is 18.4 Å². The molecule has 0 N–H and O–H groups in total. The molecule has 172 valence electrons. The molecule has 0 aliphatic carbocycles. The number of nitrogens with zero attached hydrogens (tertiary/aromatic N) is 3. The molecule has 0 saturated carbocycles. The van der Waals surface area contributed by atoms with Crippen molar-refractivity contribution in [1.29, 1.82) is 0 Å². The van der Waals surface area contributed by atoms with Gasteiger partial charge < -0.3 is 9.80 Å². The molecular weight excluding hydrogens is 453 g/mol. The zero-order valence-corrected chi connectivity index (χ0v) is 19.4. The quantitative estimate of drug-likeness (QED) is 0.659. The van der Waals surface area contributed by atoms with Gasteiger partial charge in [-0.3, -0.25) is 4.79 Å². The molecule has 0 radical (unpaired) electrons. The minimum absolute atomic E-state index is 0.00965. The van der Waals surface area contributed by atoms with Crippen LogP contribution in [-0.2, 0) is 20.6 Å². The Labute approximate surface area is 193 Å². The molecule has 2 aliphatic heterocycles. The number of halogens is 2. The highest BCUT2D eigenvalue weighted by atomic mass is 35.5. The molecule has 0 unspecified atom stereocenters. The van der Waals surface area contributed by atoms with Gasteiger partial charge in [0, 0.05) is 44.3 Å². The molecule has 0 aromatic heterocycles. The lowest BCUT2D eigenvalue weighted by molar-refractivity contribution is -0.137. The molecule has 32 heavy (non-hydrogen) atoms. The topological polar surface area (TPSA) is 60.9 Å².